The Morgan fingerprint density at radius 3 is 2.54 bits per heavy atom. The van der Waals surface area contributed by atoms with Crippen LogP contribution in [0.1, 0.15) is 27.2 Å². The van der Waals surface area contributed by atoms with Crippen molar-refractivity contribution in [3.05, 3.63) is 57.8 Å². The molecule has 1 N–H and O–H groups in total. The van der Waals surface area contributed by atoms with Gasteiger partial charge in [0.1, 0.15) is 0 Å². The molecule has 0 aliphatic carbocycles. The zero-order valence-electron chi connectivity index (χ0n) is 14.7. The van der Waals surface area contributed by atoms with Gasteiger partial charge < -0.3 is 15.1 Å². The Balaban J connectivity index is 1.38. The molecule has 5 nitrogen and oxygen atoms in total. The van der Waals surface area contributed by atoms with Gasteiger partial charge in [0.05, 0.1) is 10.9 Å². The number of carbonyl (C=O) groups excluding carboxylic acids is 2. The van der Waals surface area contributed by atoms with Gasteiger partial charge in [-0.2, -0.15) is 0 Å². The lowest BCUT2D eigenvalue weighted by Crippen LogP contribution is -2.50. The van der Waals surface area contributed by atoms with E-state index in [0.29, 0.717) is 26.2 Å². The standard InChI is InChI=1S/C20H23N3O2S/c24-19(17-13-15-5-1-2-6-16(15)14-21-17)22-8-4-9-23(11-10-22)20(25)18-7-3-12-26-18/h1-3,5-7,12,17,21H,4,8-11,13-14H2. The number of benzene rings is 1. The van der Waals surface area contributed by atoms with Crippen molar-refractivity contribution in [2.45, 2.75) is 25.4 Å². The van der Waals surface area contributed by atoms with Gasteiger partial charge in [-0.15, -0.1) is 11.3 Å². The largest absolute Gasteiger partial charge is 0.339 e. The van der Waals surface area contributed by atoms with Crippen LogP contribution in [0.25, 0.3) is 0 Å². The number of carbonyl (C=O) groups is 2. The number of fused-ring (bicyclic) bond motifs is 1. The molecule has 4 rings (SSSR count). The number of rotatable bonds is 2. The van der Waals surface area contributed by atoms with Crippen LogP contribution in [0, 0.1) is 0 Å². The van der Waals surface area contributed by atoms with E-state index < -0.39 is 0 Å². The van der Waals surface area contributed by atoms with Crippen LogP contribution in [0.4, 0.5) is 0 Å². The maximum Gasteiger partial charge on any atom is 0.263 e. The monoisotopic (exact) mass is 369 g/mol. The summed E-state index contributed by atoms with van der Waals surface area (Å²) in [5.41, 5.74) is 2.54. The zero-order chi connectivity index (χ0) is 17.9. The Bertz CT molecular complexity index is 790. The molecule has 136 valence electrons. The van der Waals surface area contributed by atoms with Crippen molar-refractivity contribution in [3.8, 4) is 0 Å². The first-order valence-electron chi connectivity index (χ1n) is 9.14. The van der Waals surface area contributed by atoms with E-state index in [4.69, 9.17) is 0 Å². The molecule has 2 amide bonds. The van der Waals surface area contributed by atoms with Crippen molar-refractivity contribution in [2.75, 3.05) is 26.2 Å². The maximum atomic E-state index is 13.0. The highest BCUT2D eigenvalue weighted by Gasteiger charge is 2.30. The van der Waals surface area contributed by atoms with Crippen LogP contribution in [0.3, 0.4) is 0 Å². The number of nitrogens with zero attached hydrogens (tertiary/aromatic N) is 2. The van der Waals surface area contributed by atoms with E-state index in [1.807, 2.05) is 39.4 Å². The summed E-state index contributed by atoms with van der Waals surface area (Å²) < 4.78 is 0. The number of nitrogens with one attached hydrogen (secondary N) is 1. The van der Waals surface area contributed by atoms with E-state index in [1.165, 1.54) is 22.5 Å². The van der Waals surface area contributed by atoms with E-state index >= 15 is 0 Å². The minimum absolute atomic E-state index is 0.0824. The van der Waals surface area contributed by atoms with Crippen molar-refractivity contribution >= 4 is 23.2 Å². The van der Waals surface area contributed by atoms with E-state index in [0.717, 1.165) is 24.3 Å². The van der Waals surface area contributed by atoms with Crippen LogP contribution in [0.15, 0.2) is 41.8 Å². The summed E-state index contributed by atoms with van der Waals surface area (Å²) in [5, 5.41) is 5.30. The summed E-state index contributed by atoms with van der Waals surface area (Å²) in [6, 6.07) is 11.9. The van der Waals surface area contributed by atoms with Gasteiger partial charge in [0.25, 0.3) is 5.91 Å². The Labute approximate surface area is 157 Å². The Hall–Kier alpha value is -2.18. The van der Waals surface area contributed by atoms with Crippen LogP contribution < -0.4 is 5.32 Å². The van der Waals surface area contributed by atoms with Gasteiger partial charge >= 0.3 is 0 Å². The first-order chi connectivity index (χ1) is 12.7. The molecule has 1 atom stereocenters. The number of hydrogen-bond acceptors (Lipinski definition) is 4. The molecule has 26 heavy (non-hydrogen) atoms. The van der Waals surface area contributed by atoms with Crippen LogP contribution >= 0.6 is 11.3 Å². The van der Waals surface area contributed by atoms with Crippen molar-refractivity contribution in [3.63, 3.8) is 0 Å². The molecule has 3 heterocycles. The average molecular weight is 369 g/mol. The highest BCUT2D eigenvalue weighted by Crippen LogP contribution is 2.19. The average Bonchev–Trinajstić information content (AvgIpc) is 3.11. The van der Waals surface area contributed by atoms with E-state index in [2.05, 4.69) is 17.4 Å². The fourth-order valence-electron chi connectivity index (χ4n) is 3.75. The second-order valence-electron chi connectivity index (χ2n) is 6.85. The molecule has 1 fully saturated rings. The van der Waals surface area contributed by atoms with Crippen molar-refractivity contribution in [2.24, 2.45) is 0 Å². The molecule has 0 bridgehead atoms. The predicted molar refractivity (Wildman–Crippen MR) is 102 cm³/mol. The highest BCUT2D eigenvalue weighted by atomic mass is 32.1. The van der Waals surface area contributed by atoms with Crippen LogP contribution in [0.5, 0.6) is 0 Å². The van der Waals surface area contributed by atoms with Gasteiger partial charge in [-0.05, 0) is 35.4 Å². The van der Waals surface area contributed by atoms with Gasteiger partial charge in [0.2, 0.25) is 5.91 Å². The lowest BCUT2D eigenvalue weighted by Gasteiger charge is -2.30. The zero-order valence-corrected chi connectivity index (χ0v) is 15.5. The van der Waals surface area contributed by atoms with Crippen LogP contribution in [-0.4, -0.2) is 53.8 Å². The summed E-state index contributed by atoms with van der Waals surface area (Å²) in [4.78, 5) is 30.1. The SMILES string of the molecule is O=C(c1cccs1)N1CCCN(C(=O)C2Cc3ccccc3CN2)CC1. The minimum atomic E-state index is -0.163. The molecular formula is C20H23N3O2S. The molecular weight excluding hydrogens is 346 g/mol. The molecule has 1 unspecified atom stereocenters. The van der Waals surface area contributed by atoms with Gasteiger partial charge in [0, 0.05) is 32.7 Å². The van der Waals surface area contributed by atoms with E-state index in [-0.39, 0.29) is 17.9 Å². The molecule has 2 aromatic rings. The first kappa shape index (κ1) is 17.2. The topological polar surface area (TPSA) is 52.7 Å². The molecule has 1 aromatic carbocycles. The Morgan fingerprint density at radius 2 is 1.73 bits per heavy atom. The normalized spacial score (nSPS) is 20.4. The Kier molecular flexibility index (Phi) is 5.04. The third kappa shape index (κ3) is 3.52. The summed E-state index contributed by atoms with van der Waals surface area (Å²) in [6.45, 7) is 3.37. The molecule has 0 spiro atoms. The molecule has 0 radical (unpaired) electrons. The van der Waals surface area contributed by atoms with Crippen molar-refractivity contribution in [1.29, 1.82) is 0 Å². The molecule has 2 aliphatic rings. The van der Waals surface area contributed by atoms with Crippen LogP contribution in [0.2, 0.25) is 0 Å². The molecule has 2 aliphatic heterocycles. The van der Waals surface area contributed by atoms with E-state index in [1.54, 1.807) is 0 Å². The lowest BCUT2D eigenvalue weighted by atomic mass is 9.95. The molecule has 0 saturated carbocycles. The first-order valence-corrected chi connectivity index (χ1v) is 10.0. The van der Waals surface area contributed by atoms with Gasteiger partial charge in [-0.3, -0.25) is 9.59 Å². The summed E-state index contributed by atoms with van der Waals surface area (Å²) in [6.07, 6.45) is 1.56. The fraction of sp³-hybridized carbons (Fsp3) is 0.400. The molecule has 6 heteroatoms. The summed E-state index contributed by atoms with van der Waals surface area (Å²) in [7, 11) is 0. The fourth-order valence-corrected chi connectivity index (χ4v) is 4.44. The second kappa shape index (κ2) is 7.60. The van der Waals surface area contributed by atoms with Gasteiger partial charge in [-0.25, -0.2) is 0 Å². The van der Waals surface area contributed by atoms with Crippen molar-refractivity contribution in [1.82, 2.24) is 15.1 Å². The number of thiophene rings is 1. The predicted octanol–water partition coefficient (Wildman–Crippen LogP) is 2.14. The molecule has 1 saturated heterocycles. The van der Waals surface area contributed by atoms with Crippen LogP contribution in [-0.2, 0) is 17.8 Å². The Morgan fingerprint density at radius 1 is 0.962 bits per heavy atom. The third-order valence-corrected chi connectivity index (χ3v) is 6.06. The molecule has 1 aromatic heterocycles. The summed E-state index contributed by atoms with van der Waals surface area (Å²) >= 11 is 1.47. The maximum absolute atomic E-state index is 13.0. The van der Waals surface area contributed by atoms with Gasteiger partial charge in [0.15, 0.2) is 0 Å². The number of amides is 2. The minimum Gasteiger partial charge on any atom is -0.339 e. The van der Waals surface area contributed by atoms with Gasteiger partial charge in [-0.1, -0.05) is 30.3 Å². The van der Waals surface area contributed by atoms with E-state index in [9.17, 15) is 9.59 Å². The third-order valence-electron chi connectivity index (χ3n) is 5.21. The quantitative estimate of drug-likeness (QED) is 0.882. The second-order valence-corrected chi connectivity index (χ2v) is 7.80. The smallest absolute Gasteiger partial charge is 0.263 e. The number of hydrogen-bond donors (Lipinski definition) is 1. The lowest BCUT2D eigenvalue weighted by molar-refractivity contribution is -0.133. The highest BCUT2D eigenvalue weighted by molar-refractivity contribution is 7.12. The summed E-state index contributed by atoms with van der Waals surface area (Å²) in [5.74, 6) is 0.240. The van der Waals surface area contributed by atoms with Crippen molar-refractivity contribution < 1.29 is 9.59 Å².